The summed E-state index contributed by atoms with van der Waals surface area (Å²) in [6, 6.07) is 20.2. The number of carbonyl (C=O) groups is 1. The Morgan fingerprint density at radius 1 is 1.11 bits per heavy atom. The lowest BCUT2D eigenvalue weighted by Gasteiger charge is -2.34. The average Bonchev–Trinajstić information content (AvgIpc) is 3.37. The molecule has 1 saturated heterocycles. The van der Waals surface area contributed by atoms with Gasteiger partial charge in [-0.3, -0.25) is 9.59 Å². The summed E-state index contributed by atoms with van der Waals surface area (Å²) < 4.78 is 2.36. The number of rotatable bonds is 7. The number of carbonyl (C=O) groups excluding carboxylic acids is 1. The van der Waals surface area contributed by atoms with Crippen molar-refractivity contribution in [3.05, 3.63) is 87.5 Å². The summed E-state index contributed by atoms with van der Waals surface area (Å²) in [4.78, 5) is 33.5. The highest BCUT2D eigenvalue weighted by Crippen LogP contribution is 2.26. The fourth-order valence-corrected chi connectivity index (χ4v) is 5.46. The number of anilines is 1. The number of nitrogens with one attached hydrogen (secondary N) is 1. The van der Waals surface area contributed by atoms with E-state index in [0.29, 0.717) is 29.3 Å². The molecule has 180 valence electrons. The van der Waals surface area contributed by atoms with Gasteiger partial charge in [0.15, 0.2) is 0 Å². The van der Waals surface area contributed by atoms with E-state index in [4.69, 9.17) is 4.98 Å². The van der Waals surface area contributed by atoms with Crippen LogP contribution in [0.2, 0.25) is 0 Å². The fraction of sp³-hybridized carbons (Fsp3) is 0.321. The van der Waals surface area contributed by atoms with Gasteiger partial charge in [0.1, 0.15) is 4.70 Å². The maximum Gasteiger partial charge on any atom is 0.277 e. The minimum atomic E-state index is -0.123. The van der Waals surface area contributed by atoms with Crippen LogP contribution in [0.4, 0.5) is 5.95 Å². The number of fused-ring (bicyclic) bond motifs is 1. The first-order valence-corrected chi connectivity index (χ1v) is 13.1. The number of aryl methyl sites for hydroxylation is 2. The van der Waals surface area contributed by atoms with E-state index in [2.05, 4.69) is 22.3 Å². The highest BCUT2D eigenvalue weighted by molar-refractivity contribution is 7.17. The third-order valence-electron chi connectivity index (χ3n) is 6.61. The molecule has 4 aromatic rings. The van der Waals surface area contributed by atoms with E-state index in [9.17, 15) is 9.59 Å². The fourth-order valence-electron chi connectivity index (χ4n) is 4.71. The monoisotopic (exact) mass is 486 g/mol. The van der Waals surface area contributed by atoms with E-state index in [-0.39, 0.29) is 17.4 Å². The summed E-state index contributed by atoms with van der Waals surface area (Å²) in [5.74, 6) is 0.581. The molecule has 1 fully saturated rings. The van der Waals surface area contributed by atoms with Crippen molar-refractivity contribution in [2.45, 2.75) is 32.6 Å². The molecule has 0 unspecified atom stereocenters. The molecule has 1 amide bonds. The first-order chi connectivity index (χ1) is 17.1. The van der Waals surface area contributed by atoms with Gasteiger partial charge in [0, 0.05) is 19.6 Å². The Balaban J connectivity index is 1.33. The van der Waals surface area contributed by atoms with Crippen molar-refractivity contribution < 1.29 is 4.79 Å². The highest BCUT2D eigenvalue weighted by atomic mass is 32.1. The quantitative estimate of drug-likeness (QED) is 0.384. The summed E-state index contributed by atoms with van der Waals surface area (Å²) in [5, 5.41) is 5.04. The molecule has 3 heterocycles. The number of hydrogen-bond donors (Lipinski definition) is 1. The molecule has 5 rings (SSSR count). The van der Waals surface area contributed by atoms with Crippen LogP contribution in [0.15, 0.2) is 70.8 Å². The van der Waals surface area contributed by atoms with E-state index in [1.165, 1.54) is 16.9 Å². The van der Waals surface area contributed by atoms with Crippen molar-refractivity contribution in [2.24, 2.45) is 5.92 Å². The molecule has 0 saturated carbocycles. The SMILES string of the molecule is Cc1ccc(-n2c(N3CCC[C@H](C(=O)NCCCc4ccccc4)C3)nc3ccsc3c2=O)cc1. The number of nitrogens with zero attached hydrogens (tertiary/aromatic N) is 3. The zero-order valence-corrected chi connectivity index (χ0v) is 20.8. The first kappa shape index (κ1) is 23.3. The molecule has 1 N–H and O–H groups in total. The molecule has 2 aromatic carbocycles. The Kier molecular flexibility index (Phi) is 6.95. The van der Waals surface area contributed by atoms with Gasteiger partial charge in [-0.25, -0.2) is 9.55 Å². The molecule has 0 bridgehead atoms. The number of piperidine rings is 1. The van der Waals surface area contributed by atoms with Crippen LogP contribution in [0, 0.1) is 12.8 Å². The van der Waals surface area contributed by atoms with Crippen LogP contribution >= 0.6 is 11.3 Å². The summed E-state index contributed by atoms with van der Waals surface area (Å²) in [6.07, 6.45) is 3.59. The smallest absolute Gasteiger partial charge is 0.277 e. The molecule has 1 atom stereocenters. The lowest BCUT2D eigenvalue weighted by Crippen LogP contribution is -2.45. The zero-order chi connectivity index (χ0) is 24.2. The molecule has 1 aliphatic rings. The Bertz CT molecular complexity index is 1360. The Morgan fingerprint density at radius 2 is 1.91 bits per heavy atom. The van der Waals surface area contributed by atoms with Crippen molar-refractivity contribution >= 4 is 33.4 Å². The standard InChI is InChI=1S/C28H30N4O2S/c1-20-11-13-23(14-12-20)32-27(34)25-24(15-18-35-25)30-28(32)31-17-6-10-22(19-31)26(33)29-16-5-9-21-7-3-2-4-8-21/h2-4,7-8,11-15,18,22H,5-6,9-10,16-17,19H2,1H3,(H,29,33)/t22-/m0/s1. The largest absolute Gasteiger partial charge is 0.356 e. The molecular weight excluding hydrogens is 456 g/mol. The van der Waals surface area contributed by atoms with Crippen LogP contribution in [0.5, 0.6) is 0 Å². The predicted octanol–water partition coefficient (Wildman–Crippen LogP) is 4.72. The van der Waals surface area contributed by atoms with E-state index < -0.39 is 0 Å². The van der Waals surface area contributed by atoms with Gasteiger partial charge in [0.25, 0.3) is 5.56 Å². The van der Waals surface area contributed by atoms with Crippen molar-refractivity contribution in [3.63, 3.8) is 0 Å². The molecule has 2 aromatic heterocycles. The molecular formula is C28H30N4O2S. The Hall–Kier alpha value is -3.45. The van der Waals surface area contributed by atoms with Crippen molar-refractivity contribution in [1.29, 1.82) is 0 Å². The van der Waals surface area contributed by atoms with Gasteiger partial charge in [-0.1, -0.05) is 48.0 Å². The van der Waals surface area contributed by atoms with Gasteiger partial charge in [0.2, 0.25) is 11.9 Å². The molecule has 0 radical (unpaired) electrons. The van der Waals surface area contributed by atoms with Gasteiger partial charge in [-0.05, 0) is 61.7 Å². The number of benzene rings is 2. The van der Waals surface area contributed by atoms with Crippen LogP contribution in [0.1, 0.15) is 30.4 Å². The Morgan fingerprint density at radius 3 is 2.71 bits per heavy atom. The normalized spacial score (nSPS) is 15.9. The van der Waals surface area contributed by atoms with Crippen LogP contribution in [0.3, 0.4) is 0 Å². The second-order valence-corrected chi connectivity index (χ2v) is 10.1. The molecule has 6 nitrogen and oxygen atoms in total. The number of amides is 1. The van der Waals surface area contributed by atoms with Crippen LogP contribution in [-0.2, 0) is 11.2 Å². The van der Waals surface area contributed by atoms with E-state index >= 15 is 0 Å². The topological polar surface area (TPSA) is 67.2 Å². The summed E-state index contributed by atoms with van der Waals surface area (Å²) in [7, 11) is 0. The minimum Gasteiger partial charge on any atom is -0.356 e. The van der Waals surface area contributed by atoms with Crippen molar-refractivity contribution in [2.75, 3.05) is 24.5 Å². The maximum atomic E-state index is 13.5. The number of thiophene rings is 1. The average molecular weight is 487 g/mol. The second kappa shape index (κ2) is 10.4. The van der Waals surface area contributed by atoms with Gasteiger partial charge in [-0.15, -0.1) is 11.3 Å². The van der Waals surface area contributed by atoms with Crippen molar-refractivity contribution in [1.82, 2.24) is 14.9 Å². The van der Waals surface area contributed by atoms with Gasteiger partial charge >= 0.3 is 0 Å². The van der Waals surface area contributed by atoms with Crippen LogP contribution < -0.4 is 15.8 Å². The lowest BCUT2D eigenvalue weighted by molar-refractivity contribution is -0.125. The van der Waals surface area contributed by atoms with E-state index in [1.807, 2.05) is 60.8 Å². The van der Waals surface area contributed by atoms with Crippen molar-refractivity contribution in [3.8, 4) is 5.69 Å². The number of aromatic nitrogens is 2. The van der Waals surface area contributed by atoms with Crippen LogP contribution in [-0.4, -0.2) is 35.1 Å². The first-order valence-electron chi connectivity index (χ1n) is 12.2. The summed E-state index contributed by atoms with van der Waals surface area (Å²) in [6.45, 7) is 4.02. The molecule has 0 aliphatic carbocycles. The highest BCUT2D eigenvalue weighted by Gasteiger charge is 2.29. The molecule has 35 heavy (non-hydrogen) atoms. The number of hydrogen-bond acceptors (Lipinski definition) is 5. The third-order valence-corrected chi connectivity index (χ3v) is 7.51. The van der Waals surface area contributed by atoms with Gasteiger partial charge < -0.3 is 10.2 Å². The maximum absolute atomic E-state index is 13.5. The summed E-state index contributed by atoms with van der Waals surface area (Å²) >= 11 is 1.42. The minimum absolute atomic E-state index is 0.0589. The van der Waals surface area contributed by atoms with Gasteiger partial charge in [-0.2, -0.15) is 0 Å². The third kappa shape index (κ3) is 5.15. The Labute approximate surface area is 209 Å². The lowest BCUT2D eigenvalue weighted by atomic mass is 9.97. The predicted molar refractivity (Wildman–Crippen MR) is 143 cm³/mol. The molecule has 1 aliphatic heterocycles. The molecule has 7 heteroatoms. The van der Waals surface area contributed by atoms with Gasteiger partial charge in [0.05, 0.1) is 17.1 Å². The van der Waals surface area contributed by atoms with E-state index in [1.54, 1.807) is 4.57 Å². The molecule has 0 spiro atoms. The zero-order valence-electron chi connectivity index (χ0n) is 19.9. The summed E-state index contributed by atoms with van der Waals surface area (Å²) in [5.41, 5.74) is 3.87. The van der Waals surface area contributed by atoms with E-state index in [0.717, 1.165) is 43.5 Å². The van der Waals surface area contributed by atoms with Crippen LogP contribution in [0.25, 0.3) is 15.9 Å². The second-order valence-electron chi connectivity index (χ2n) is 9.19.